The molecule has 0 atom stereocenters. The van der Waals surface area contributed by atoms with Gasteiger partial charge in [0.2, 0.25) is 0 Å². The average molecular weight is 322 g/mol. The SMILES string of the molecule is CCCCN(CCCC)CCc1ccccc1.CCOC(N)=O. The summed E-state index contributed by atoms with van der Waals surface area (Å²) in [4.78, 5) is 12.2. The topological polar surface area (TPSA) is 55.6 Å². The second-order valence-electron chi connectivity index (χ2n) is 5.54. The Kier molecular flexibility index (Phi) is 14.3. The Hall–Kier alpha value is -1.55. The molecule has 0 saturated heterocycles. The molecule has 132 valence electrons. The fourth-order valence-electron chi connectivity index (χ4n) is 2.17. The van der Waals surface area contributed by atoms with Gasteiger partial charge in [-0.25, -0.2) is 4.79 Å². The molecule has 0 aliphatic carbocycles. The Morgan fingerprint density at radius 2 is 1.57 bits per heavy atom. The second kappa shape index (κ2) is 15.3. The molecule has 4 nitrogen and oxygen atoms in total. The number of nitrogens with two attached hydrogens (primary N) is 1. The van der Waals surface area contributed by atoms with Crippen LogP contribution in [0.15, 0.2) is 30.3 Å². The van der Waals surface area contributed by atoms with Gasteiger partial charge in [0.25, 0.3) is 0 Å². The van der Waals surface area contributed by atoms with Crippen molar-refractivity contribution in [2.24, 2.45) is 5.73 Å². The highest BCUT2D eigenvalue weighted by atomic mass is 16.5. The highest BCUT2D eigenvalue weighted by Gasteiger charge is 2.03. The van der Waals surface area contributed by atoms with Crippen LogP contribution in [0.5, 0.6) is 0 Å². The van der Waals surface area contributed by atoms with Crippen LogP contribution in [-0.2, 0) is 11.2 Å². The second-order valence-corrected chi connectivity index (χ2v) is 5.54. The molecule has 2 N–H and O–H groups in total. The quantitative estimate of drug-likeness (QED) is 0.701. The van der Waals surface area contributed by atoms with Crippen LogP contribution in [0.4, 0.5) is 4.79 Å². The largest absolute Gasteiger partial charge is 0.450 e. The minimum absolute atomic E-state index is 0.356. The van der Waals surface area contributed by atoms with Crippen molar-refractivity contribution in [3.63, 3.8) is 0 Å². The van der Waals surface area contributed by atoms with Gasteiger partial charge in [0.15, 0.2) is 0 Å². The lowest BCUT2D eigenvalue weighted by molar-refractivity contribution is 0.163. The molecule has 0 fully saturated rings. The molecule has 1 aromatic carbocycles. The summed E-state index contributed by atoms with van der Waals surface area (Å²) in [5, 5.41) is 0. The van der Waals surface area contributed by atoms with Crippen molar-refractivity contribution >= 4 is 6.09 Å². The molecule has 1 rings (SSSR count). The maximum absolute atomic E-state index is 9.60. The number of unbranched alkanes of at least 4 members (excludes halogenated alkanes) is 2. The Bertz CT molecular complexity index is 374. The first-order chi connectivity index (χ1) is 11.1. The number of benzene rings is 1. The standard InChI is InChI=1S/C16H27N.C3H7NO2/c1-3-5-13-17(14-6-4-2)15-12-16-10-8-7-9-11-16;1-2-6-3(4)5/h7-11H,3-6,12-15H2,1-2H3;2H2,1H3,(H2,4,5). The number of carbonyl (C=O) groups is 1. The number of amides is 1. The number of hydrogen-bond donors (Lipinski definition) is 1. The van der Waals surface area contributed by atoms with Crippen LogP contribution in [0.2, 0.25) is 0 Å². The third kappa shape index (κ3) is 13.8. The molecular formula is C19H34N2O2. The molecule has 0 radical (unpaired) electrons. The maximum atomic E-state index is 9.60. The van der Waals surface area contributed by atoms with Crippen LogP contribution in [0.25, 0.3) is 0 Å². The van der Waals surface area contributed by atoms with E-state index in [9.17, 15) is 4.79 Å². The lowest BCUT2D eigenvalue weighted by atomic mass is 10.1. The molecule has 0 unspecified atom stereocenters. The predicted molar refractivity (Wildman–Crippen MR) is 97.6 cm³/mol. The van der Waals surface area contributed by atoms with Gasteiger partial charge < -0.3 is 15.4 Å². The van der Waals surface area contributed by atoms with Crippen LogP contribution < -0.4 is 5.73 Å². The van der Waals surface area contributed by atoms with E-state index in [-0.39, 0.29) is 0 Å². The smallest absolute Gasteiger partial charge is 0.404 e. The zero-order chi connectivity index (χ0) is 17.3. The van der Waals surface area contributed by atoms with Crippen LogP contribution in [0, 0.1) is 0 Å². The molecule has 4 heteroatoms. The Labute approximate surface area is 142 Å². The fraction of sp³-hybridized carbons (Fsp3) is 0.632. The molecule has 0 aromatic heterocycles. The first kappa shape index (κ1) is 21.4. The van der Waals surface area contributed by atoms with Gasteiger partial charge in [0.05, 0.1) is 6.61 Å². The lowest BCUT2D eigenvalue weighted by Gasteiger charge is -2.21. The van der Waals surface area contributed by atoms with Crippen LogP contribution in [0.1, 0.15) is 52.0 Å². The van der Waals surface area contributed by atoms with Gasteiger partial charge >= 0.3 is 6.09 Å². The molecule has 1 aromatic rings. The minimum Gasteiger partial charge on any atom is -0.450 e. The first-order valence-corrected chi connectivity index (χ1v) is 8.82. The summed E-state index contributed by atoms with van der Waals surface area (Å²) in [6, 6.07) is 10.8. The Balaban J connectivity index is 0.000000688. The van der Waals surface area contributed by atoms with E-state index in [0.717, 1.165) is 0 Å². The zero-order valence-electron chi connectivity index (χ0n) is 15.1. The summed E-state index contributed by atoms with van der Waals surface area (Å²) in [6.45, 7) is 10.3. The first-order valence-electron chi connectivity index (χ1n) is 8.82. The minimum atomic E-state index is -0.711. The van der Waals surface area contributed by atoms with Gasteiger partial charge in [-0.15, -0.1) is 0 Å². The van der Waals surface area contributed by atoms with Crippen molar-refractivity contribution in [2.45, 2.75) is 52.9 Å². The molecule has 0 spiro atoms. The van der Waals surface area contributed by atoms with E-state index < -0.39 is 6.09 Å². The normalized spacial score (nSPS) is 10.1. The third-order valence-corrected chi connectivity index (χ3v) is 3.50. The van der Waals surface area contributed by atoms with Crippen LogP contribution in [-0.4, -0.2) is 37.2 Å². The van der Waals surface area contributed by atoms with E-state index in [1.165, 1.54) is 57.3 Å². The molecule has 23 heavy (non-hydrogen) atoms. The fourth-order valence-corrected chi connectivity index (χ4v) is 2.17. The molecule has 0 bridgehead atoms. The van der Waals surface area contributed by atoms with E-state index in [2.05, 4.69) is 59.5 Å². The molecule has 1 amide bonds. The molecular weight excluding hydrogens is 288 g/mol. The monoisotopic (exact) mass is 322 g/mol. The third-order valence-electron chi connectivity index (χ3n) is 3.50. The number of ether oxygens (including phenoxy) is 1. The van der Waals surface area contributed by atoms with Crippen molar-refractivity contribution < 1.29 is 9.53 Å². The summed E-state index contributed by atoms with van der Waals surface area (Å²) in [7, 11) is 0. The summed E-state index contributed by atoms with van der Waals surface area (Å²) < 4.78 is 4.18. The van der Waals surface area contributed by atoms with E-state index >= 15 is 0 Å². The summed E-state index contributed by atoms with van der Waals surface area (Å²) >= 11 is 0. The van der Waals surface area contributed by atoms with Crippen LogP contribution in [0.3, 0.4) is 0 Å². The molecule has 0 saturated carbocycles. The van der Waals surface area contributed by atoms with E-state index in [1.54, 1.807) is 6.92 Å². The van der Waals surface area contributed by atoms with Crippen molar-refractivity contribution in [1.82, 2.24) is 4.90 Å². The summed E-state index contributed by atoms with van der Waals surface area (Å²) in [5.74, 6) is 0. The number of primary amides is 1. The molecule has 0 aliphatic rings. The van der Waals surface area contributed by atoms with Crippen molar-refractivity contribution in [3.8, 4) is 0 Å². The highest BCUT2D eigenvalue weighted by Crippen LogP contribution is 2.04. The van der Waals surface area contributed by atoms with Crippen LogP contribution >= 0.6 is 0 Å². The Morgan fingerprint density at radius 1 is 1.00 bits per heavy atom. The number of hydrogen-bond acceptors (Lipinski definition) is 3. The van der Waals surface area contributed by atoms with E-state index in [4.69, 9.17) is 0 Å². The van der Waals surface area contributed by atoms with Gasteiger partial charge in [0, 0.05) is 6.54 Å². The van der Waals surface area contributed by atoms with Crippen molar-refractivity contribution in [3.05, 3.63) is 35.9 Å². The zero-order valence-corrected chi connectivity index (χ0v) is 15.1. The summed E-state index contributed by atoms with van der Waals surface area (Å²) in [6.07, 6.45) is 5.74. The maximum Gasteiger partial charge on any atom is 0.404 e. The number of nitrogens with zero attached hydrogens (tertiary/aromatic N) is 1. The predicted octanol–water partition coefficient (Wildman–Crippen LogP) is 4.23. The van der Waals surface area contributed by atoms with Gasteiger partial charge in [-0.05, 0) is 44.8 Å². The van der Waals surface area contributed by atoms with Crippen molar-refractivity contribution in [2.75, 3.05) is 26.2 Å². The average Bonchev–Trinajstić information content (AvgIpc) is 2.55. The number of rotatable bonds is 10. The van der Waals surface area contributed by atoms with Gasteiger partial charge in [-0.2, -0.15) is 0 Å². The van der Waals surface area contributed by atoms with Gasteiger partial charge in [-0.1, -0.05) is 57.0 Å². The highest BCUT2D eigenvalue weighted by molar-refractivity contribution is 5.64. The lowest BCUT2D eigenvalue weighted by Crippen LogP contribution is -2.28. The van der Waals surface area contributed by atoms with Gasteiger partial charge in [0.1, 0.15) is 0 Å². The van der Waals surface area contributed by atoms with E-state index in [1.807, 2.05) is 0 Å². The molecule has 0 heterocycles. The van der Waals surface area contributed by atoms with E-state index in [0.29, 0.717) is 6.61 Å². The Morgan fingerprint density at radius 3 is 1.96 bits per heavy atom. The van der Waals surface area contributed by atoms with Crippen molar-refractivity contribution in [1.29, 1.82) is 0 Å². The molecule has 0 aliphatic heterocycles. The van der Waals surface area contributed by atoms with Gasteiger partial charge in [-0.3, -0.25) is 0 Å². The number of carbonyl (C=O) groups excluding carboxylic acids is 1. The summed E-state index contributed by atoms with van der Waals surface area (Å²) in [5.41, 5.74) is 6.01.